The van der Waals surface area contributed by atoms with Gasteiger partial charge in [-0.1, -0.05) is 38.1 Å². The lowest BCUT2D eigenvalue weighted by molar-refractivity contribution is -0.230. The predicted molar refractivity (Wildman–Crippen MR) is 139 cm³/mol. The number of hydroxylamine groups is 2. The number of aromatic amines is 1. The van der Waals surface area contributed by atoms with Crippen molar-refractivity contribution in [1.82, 2.24) is 20.3 Å². The summed E-state index contributed by atoms with van der Waals surface area (Å²) in [7, 11) is 1.43. The van der Waals surface area contributed by atoms with Gasteiger partial charge in [-0.05, 0) is 70.9 Å². The Bertz CT molecular complexity index is 1090. The van der Waals surface area contributed by atoms with Crippen molar-refractivity contribution in [2.45, 2.75) is 96.1 Å². The van der Waals surface area contributed by atoms with Crippen LogP contribution in [0.15, 0.2) is 30.5 Å². The molecule has 0 bridgehead atoms. The normalized spacial score (nSPS) is 24.9. The number of carbonyl (C=O) groups is 1. The fourth-order valence-corrected chi connectivity index (χ4v) is 5.35. The molecule has 2 unspecified atom stereocenters. The van der Waals surface area contributed by atoms with Crippen molar-refractivity contribution >= 4 is 18.5 Å². The molecule has 1 aromatic heterocycles. The van der Waals surface area contributed by atoms with E-state index in [-0.39, 0.29) is 40.7 Å². The Labute approximate surface area is 214 Å². The molecule has 3 fully saturated rings. The van der Waals surface area contributed by atoms with Crippen LogP contribution in [-0.4, -0.2) is 57.9 Å². The van der Waals surface area contributed by atoms with Crippen LogP contribution < -0.4 is 10.8 Å². The lowest BCUT2D eigenvalue weighted by atomic mass is 9.77. The van der Waals surface area contributed by atoms with E-state index in [1.165, 1.54) is 0 Å². The molecule has 3 aliphatic rings. The van der Waals surface area contributed by atoms with Crippen molar-refractivity contribution < 1.29 is 18.9 Å². The SMILES string of the molecule is CNC(C(=O)N1OC2(CCC2)CC1c1ncc(-c2ccc(B3OC(C)(C)C(C)(C)O3)cc2)[nH]1)C(C)C. The third-order valence-corrected chi connectivity index (χ3v) is 8.52. The lowest BCUT2D eigenvalue weighted by Gasteiger charge is -2.37. The minimum Gasteiger partial charge on any atom is -0.399 e. The zero-order chi connectivity index (χ0) is 25.9. The number of nitrogens with one attached hydrogen (secondary N) is 2. The molecular weight excluding hydrogens is 455 g/mol. The molecule has 2 aromatic rings. The molecule has 1 saturated carbocycles. The van der Waals surface area contributed by atoms with Crippen LogP contribution in [0.2, 0.25) is 0 Å². The van der Waals surface area contributed by atoms with E-state index < -0.39 is 7.12 Å². The summed E-state index contributed by atoms with van der Waals surface area (Å²) in [6.45, 7) is 12.3. The van der Waals surface area contributed by atoms with Crippen LogP contribution in [0.4, 0.5) is 0 Å². The summed E-state index contributed by atoms with van der Waals surface area (Å²) < 4.78 is 12.4. The van der Waals surface area contributed by atoms with Gasteiger partial charge in [0.15, 0.2) is 0 Å². The summed E-state index contributed by atoms with van der Waals surface area (Å²) in [6.07, 6.45) is 5.69. The van der Waals surface area contributed by atoms with E-state index in [0.717, 1.165) is 48.2 Å². The molecule has 2 N–H and O–H groups in total. The van der Waals surface area contributed by atoms with Crippen molar-refractivity contribution in [3.8, 4) is 11.3 Å². The van der Waals surface area contributed by atoms with E-state index in [1.54, 1.807) is 5.06 Å². The summed E-state index contributed by atoms with van der Waals surface area (Å²) in [6, 6.07) is 7.64. The topological polar surface area (TPSA) is 88.7 Å². The molecule has 8 nitrogen and oxygen atoms in total. The Hall–Kier alpha value is -2.20. The number of aromatic nitrogens is 2. The maximum Gasteiger partial charge on any atom is 0.494 e. The summed E-state index contributed by atoms with van der Waals surface area (Å²) in [5, 5.41) is 4.75. The van der Waals surface area contributed by atoms with Gasteiger partial charge in [0, 0.05) is 6.42 Å². The summed E-state index contributed by atoms with van der Waals surface area (Å²) >= 11 is 0. The van der Waals surface area contributed by atoms with E-state index in [0.29, 0.717) is 0 Å². The maximum absolute atomic E-state index is 13.4. The highest BCUT2D eigenvalue weighted by Gasteiger charge is 2.54. The van der Waals surface area contributed by atoms with Gasteiger partial charge in [-0.3, -0.25) is 9.63 Å². The van der Waals surface area contributed by atoms with Gasteiger partial charge in [-0.2, -0.15) is 0 Å². The molecular formula is C27H39BN4O4. The zero-order valence-corrected chi connectivity index (χ0v) is 22.6. The van der Waals surface area contributed by atoms with Crippen LogP contribution in [0.25, 0.3) is 11.3 Å². The number of hydrogen-bond donors (Lipinski definition) is 2. The number of amides is 1. The standard InChI is InChI=1S/C27H39BN4O4/c1-17(2)22(29-7)24(33)32-21(15-27(36-32)13-8-14-27)23-30-16-20(31-23)18-9-11-19(12-10-18)28-34-25(3,4)26(5,6)35-28/h9-12,16-17,21-22,29H,8,13-15H2,1-7H3,(H,30,31). The highest BCUT2D eigenvalue weighted by atomic mass is 16.7. The van der Waals surface area contributed by atoms with Crippen molar-refractivity contribution in [3.63, 3.8) is 0 Å². The molecule has 1 amide bonds. The first kappa shape index (κ1) is 25.5. The molecule has 194 valence electrons. The number of imidazole rings is 1. The number of likely N-dealkylation sites (N-methyl/N-ethyl adjacent to an activating group) is 1. The van der Waals surface area contributed by atoms with Gasteiger partial charge in [-0.15, -0.1) is 0 Å². The van der Waals surface area contributed by atoms with E-state index in [2.05, 4.69) is 50.1 Å². The molecule has 2 atom stereocenters. The monoisotopic (exact) mass is 494 g/mol. The van der Waals surface area contributed by atoms with Gasteiger partial charge >= 0.3 is 7.12 Å². The number of H-pyrrole nitrogens is 1. The number of benzene rings is 1. The molecule has 2 saturated heterocycles. The van der Waals surface area contributed by atoms with Crippen molar-refractivity contribution in [2.75, 3.05) is 7.05 Å². The molecule has 2 aliphatic heterocycles. The molecule has 3 heterocycles. The highest BCUT2D eigenvalue weighted by Crippen LogP contribution is 2.50. The number of nitrogens with zero attached hydrogens (tertiary/aromatic N) is 2. The van der Waals surface area contributed by atoms with Crippen molar-refractivity contribution in [2.24, 2.45) is 5.92 Å². The third kappa shape index (κ3) is 4.30. The van der Waals surface area contributed by atoms with Crippen LogP contribution in [0.1, 0.15) is 79.1 Å². The summed E-state index contributed by atoms with van der Waals surface area (Å²) in [5.74, 6) is 0.876. The first-order valence-corrected chi connectivity index (χ1v) is 13.2. The summed E-state index contributed by atoms with van der Waals surface area (Å²) in [4.78, 5) is 27.9. The van der Waals surface area contributed by atoms with Crippen molar-refractivity contribution in [1.29, 1.82) is 0 Å². The highest BCUT2D eigenvalue weighted by molar-refractivity contribution is 6.62. The van der Waals surface area contributed by atoms with Gasteiger partial charge in [0.05, 0.1) is 34.7 Å². The third-order valence-electron chi connectivity index (χ3n) is 8.52. The Morgan fingerprint density at radius 1 is 1.14 bits per heavy atom. The van der Waals surface area contributed by atoms with Crippen LogP contribution >= 0.6 is 0 Å². The van der Waals surface area contributed by atoms with Crippen LogP contribution in [0.5, 0.6) is 0 Å². The number of hydrogen-bond acceptors (Lipinski definition) is 6. The smallest absolute Gasteiger partial charge is 0.399 e. The van der Waals surface area contributed by atoms with E-state index in [9.17, 15) is 4.79 Å². The van der Waals surface area contributed by atoms with E-state index in [4.69, 9.17) is 19.1 Å². The van der Waals surface area contributed by atoms with Crippen LogP contribution in [0, 0.1) is 5.92 Å². The molecule has 1 spiro atoms. The second-order valence-electron chi connectivity index (χ2n) is 11.9. The van der Waals surface area contributed by atoms with Gasteiger partial charge in [-0.25, -0.2) is 10.0 Å². The van der Waals surface area contributed by atoms with Gasteiger partial charge in [0.25, 0.3) is 5.91 Å². The average Bonchev–Trinajstić information content (AvgIpc) is 3.48. The second-order valence-corrected chi connectivity index (χ2v) is 11.9. The van der Waals surface area contributed by atoms with Crippen LogP contribution in [0.3, 0.4) is 0 Å². The molecule has 1 aromatic carbocycles. The Balaban J connectivity index is 1.35. The lowest BCUT2D eigenvalue weighted by Crippen LogP contribution is -2.48. The van der Waals surface area contributed by atoms with Gasteiger partial charge in [0.1, 0.15) is 11.9 Å². The first-order valence-electron chi connectivity index (χ1n) is 13.2. The zero-order valence-electron chi connectivity index (χ0n) is 22.6. The first-order chi connectivity index (χ1) is 17.0. The number of carbonyl (C=O) groups excluding carboxylic acids is 1. The van der Waals surface area contributed by atoms with Crippen molar-refractivity contribution in [3.05, 3.63) is 36.3 Å². The Morgan fingerprint density at radius 2 is 1.78 bits per heavy atom. The molecule has 1 aliphatic carbocycles. The minimum absolute atomic E-state index is 0.0361. The van der Waals surface area contributed by atoms with Gasteiger partial charge < -0.3 is 19.6 Å². The average molecular weight is 494 g/mol. The van der Waals surface area contributed by atoms with E-state index in [1.807, 2.05) is 39.2 Å². The summed E-state index contributed by atoms with van der Waals surface area (Å²) in [5.41, 5.74) is 1.91. The second kappa shape index (κ2) is 8.98. The molecule has 9 heteroatoms. The number of rotatable bonds is 6. The maximum atomic E-state index is 13.4. The Kier molecular flexibility index (Phi) is 6.35. The van der Waals surface area contributed by atoms with E-state index >= 15 is 0 Å². The minimum atomic E-state index is -0.392. The molecule has 36 heavy (non-hydrogen) atoms. The fourth-order valence-electron chi connectivity index (χ4n) is 5.35. The molecule has 0 radical (unpaired) electrons. The largest absolute Gasteiger partial charge is 0.494 e. The fraction of sp³-hybridized carbons (Fsp3) is 0.630. The quantitative estimate of drug-likeness (QED) is 0.595. The van der Waals surface area contributed by atoms with Gasteiger partial charge in [0.2, 0.25) is 0 Å². The van der Waals surface area contributed by atoms with Crippen LogP contribution in [-0.2, 0) is 18.9 Å². The molecule has 5 rings (SSSR count). The predicted octanol–water partition coefficient (Wildman–Crippen LogP) is 3.75. The Morgan fingerprint density at radius 3 is 2.31 bits per heavy atom.